The summed E-state index contributed by atoms with van der Waals surface area (Å²) in [5.41, 5.74) is 4.45. The Morgan fingerprint density at radius 1 is 1.30 bits per heavy atom. The Bertz CT molecular complexity index is 667. The Balaban J connectivity index is 2.18. The molecule has 2 rings (SSSR count). The van der Waals surface area contributed by atoms with E-state index in [0.29, 0.717) is 6.54 Å². The highest BCUT2D eigenvalue weighted by Crippen LogP contribution is 2.16. The molecule has 7 heteroatoms. The minimum atomic E-state index is -3.51. The lowest BCUT2D eigenvalue weighted by Crippen LogP contribution is -2.23. The van der Waals surface area contributed by atoms with Crippen molar-refractivity contribution < 1.29 is 8.42 Å². The van der Waals surface area contributed by atoms with Gasteiger partial charge in [-0.25, -0.2) is 18.1 Å². The van der Waals surface area contributed by atoms with Crippen LogP contribution < -0.4 is 10.0 Å². The molecule has 2 N–H and O–H groups in total. The second-order valence-electron chi connectivity index (χ2n) is 4.42. The van der Waals surface area contributed by atoms with Crippen molar-refractivity contribution in [2.24, 2.45) is 0 Å². The fourth-order valence-electron chi connectivity index (χ4n) is 1.77. The van der Waals surface area contributed by atoms with Crippen LogP contribution in [0.4, 0.5) is 0 Å². The SMILES string of the molecule is CNCc1cc(S(=O)(=O)NCc2cscn2)ccc1C. The molecule has 0 unspecified atom stereocenters. The first-order valence-electron chi connectivity index (χ1n) is 6.14. The molecule has 0 fully saturated rings. The molecule has 0 spiro atoms. The van der Waals surface area contributed by atoms with Crippen LogP contribution in [0.5, 0.6) is 0 Å². The molecule has 0 atom stereocenters. The van der Waals surface area contributed by atoms with E-state index in [2.05, 4.69) is 15.0 Å². The number of benzene rings is 1. The van der Waals surface area contributed by atoms with Crippen molar-refractivity contribution in [3.8, 4) is 0 Å². The van der Waals surface area contributed by atoms with Crippen LogP contribution in [0.25, 0.3) is 0 Å². The molecule has 1 aromatic carbocycles. The van der Waals surface area contributed by atoms with E-state index in [9.17, 15) is 8.42 Å². The average Bonchev–Trinajstić information content (AvgIpc) is 2.92. The Morgan fingerprint density at radius 3 is 2.75 bits per heavy atom. The Kier molecular flexibility index (Phi) is 4.87. The summed E-state index contributed by atoms with van der Waals surface area (Å²) in [7, 11) is -1.67. The Labute approximate surface area is 123 Å². The summed E-state index contributed by atoms with van der Waals surface area (Å²) in [5.74, 6) is 0. The Morgan fingerprint density at radius 2 is 2.10 bits per heavy atom. The van der Waals surface area contributed by atoms with E-state index in [-0.39, 0.29) is 11.4 Å². The molecule has 1 heterocycles. The van der Waals surface area contributed by atoms with Gasteiger partial charge in [0, 0.05) is 11.9 Å². The Hall–Kier alpha value is -1.28. The van der Waals surface area contributed by atoms with Crippen LogP contribution in [0.2, 0.25) is 0 Å². The molecule has 0 saturated heterocycles. The van der Waals surface area contributed by atoms with Crippen molar-refractivity contribution in [3.63, 3.8) is 0 Å². The summed E-state index contributed by atoms with van der Waals surface area (Å²) in [6.45, 7) is 2.81. The zero-order valence-corrected chi connectivity index (χ0v) is 13.0. The van der Waals surface area contributed by atoms with Crippen molar-refractivity contribution in [2.45, 2.75) is 24.9 Å². The molecule has 5 nitrogen and oxygen atoms in total. The van der Waals surface area contributed by atoms with Crippen molar-refractivity contribution in [1.29, 1.82) is 0 Å². The number of nitrogens with one attached hydrogen (secondary N) is 2. The number of nitrogens with zero attached hydrogens (tertiary/aromatic N) is 1. The predicted octanol–water partition coefficient (Wildman–Crippen LogP) is 1.65. The smallest absolute Gasteiger partial charge is 0.240 e. The lowest BCUT2D eigenvalue weighted by Gasteiger charge is -2.10. The van der Waals surface area contributed by atoms with Gasteiger partial charge < -0.3 is 5.32 Å². The van der Waals surface area contributed by atoms with Gasteiger partial charge in [0.1, 0.15) is 0 Å². The van der Waals surface area contributed by atoms with Crippen molar-refractivity contribution in [1.82, 2.24) is 15.0 Å². The van der Waals surface area contributed by atoms with Gasteiger partial charge in [-0.15, -0.1) is 11.3 Å². The van der Waals surface area contributed by atoms with E-state index in [1.54, 1.807) is 17.6 Å². The first kappa shape index (κ1) is 15.1. The van der Waals surface area contributed by atoms with Gasteiger partial charge in [-0.3, -0.25) is 0 Å². The van der Waals surface area contributed by atoms with Gasteiger partial charge in [0.05, 0.1) is 22.6 Å². The van der Waals surface area contributed by atoms with Crippen LogP contribution in [0.3, 0.4) is 0 Å². The summed E-state index contributed by atoms with van der Waals surface area (Å²) >= 11 is 1.44. The molecule has 2 aromatic rings. The molecule has 1 aromatic heterocycles. The fourth-order valence-corrected chi connectivity index (χ4v) is 3.38. The zero-order chi connectivity index (χ0) is 14.6. The minimum absolute atomic E-state index is 0.209. The largest absolute Gasteiger partial charge is 0.316 e. The van der Waals surface area contributed by atoms with Crippen LogP contribution >= 0.6 is 11.3 Å². The molecule has 0 radical (unpaired) electrons. The second kappa shape index (κ2) is 6.45. The summed E-state index contributed by atoms with van der Waals surface area (Å²) in [6.07, 6.45) is 0. The third-order valence-electron chi connectivity index (χ3n) is 2.92. The summed E-state index contributed by atoms with van der Waals surface area (Å²) in [4.78, 5) is 4.34. The van der Waals surface area contributed by atoms with Crippen molar-refractivity contribution in [3.05, 3.63) is 45.9 Å². The average molecular weight is 311 g/mol. The molecule has 0 aliphatic heterocycles. The van der Waals surface area contributed by atoms with E-state index in [4.69, 9.17) is 0 Å². The summed E-state index contributed by atoms with van der Waals surface area (Å²) < 4.78 is 27.0. The number of thiazole rings is 1. The number of aryl methyl sites for hydroxylation is 1. The molecular formula is C13H17N3O2S2. The van der Waals surface area contributed by atoms with E-state index in [0.717, 1.165) is 16.8 Å². The highest BCUT2D eigenvalue weighted by atomic mass is 32.2. The molecule has 108 valence electrons. The lowest BCUT2D eigenvalue weighted by molar-refractivity contribution is 0.580. The molecule has 0 saturated carbocycles. The van der Waals surface area contributed by atoms with E-state index < -0.39 is 10.0 Å². The van der Waals surface area contributed by atoms with Gasteiger partial charge in [-0.1, -0.05) is 6.07 Å². The number of hydrogen-bond acceptors (Lipinski definition) is 5. The van der Waals surface area contributed by atoms with Crippen LogP contribution in [-0.2, 0) is 23.1 Å². The fraction of sp³-hybridized carbons (Fsp3) is 0.308. The highest BCUT2D eigenvalue weighted by molar-refractivity contribution is 7.89. The van der Waals surface area contributed by atoms with Gasteiger partial charge >= 0.3 is 0 Å². The number of sulfonamides is 1. The van der Waals surface area contributed by atoms with Crippen LogP contribution in [0.15, 0.2) is 34.0 Å². The summed E-state index contributed by atoms with van der Waals surface area (Å²) in [6, 6.07) is 5.15. The topological polar surface area (TPSA) is 71.1 Å². The van der Waals surface area contributed by atoms with E-state index >= 15 is 0 Å². The molecule has 0 bridgehead atoms. The predicted molar refractivity (Wildman–Crippen MR) is 80.1 cm³/mol. The highest BCUT2D eigenvalue weighted by Gasteiger charge is 2.15. The van der Waals surface area contributed by atoms with Crippen molar-refractivity contribution >= 4 is 21.4 Å². The number of aromatic nitrogens is 1. The van der Waals surface area contributed by atoms with Crippen LogP contribution in [0, 0.1) is 6.92 Å². The third-order valence-corrected chi connectivity index (χ3v) is 4.96. The van der Waals surface area contributed by atoms with Gasteiger partial charge in [0.25, 0.3) is 0 Å². The standard InChI is InChI=1S/C13H17N3O2S2/c1-10-3-4-13(5-11(10)6-14-2)20(17,18)16-7-12-8-19-9-15-12/h3-5,8-9,14,16H,6-7H2,1-2H3. The zero-order valence-electron chi connectivity index (χ0n) is 11.4. The normalized spacial score (nSPS) is 11.7. The maximum absolute atomic E-state index is 12.2. The van der Waals surface area contributed by atoms with Gasteiger partial charge in [0.2, 0.25) is 10.0 Å². The molecule has 0 aliphatic rings. The van der Waals surface area contributed by atoms with E-state index in [1.165, 1.54) is 11.3 Å². The van der Waals surface area contributed by atoms with Gasteiger partial charge in [-0.05, 0) is 37.2 Å². The van der Waals surface area contributed by atoms with Crippen LogP contribution in [-0.4, -0.2) is 20.4 Å². The number of rotatable bonds is 6. The third kappa shape index (κ3) is 3.63. The first-order chi connectivity index (χ1) is 9.53. The molecular weight excluding hydrogens is 294 g/mol. The second-order valence-corrected chi connectivity index (χ2v) is 6.91. The van der Waals surface area contributed by atoms with Gasteiger partial charge in [0.15, 0.2) is 0 Å². The molecule has 0 aliphatic carbocycles. The minimum Gasteiger partial charge on any atom is -0.316 e. The number of hydrogen-bond donors (Lipinski definition) is 2. The maximum Gasteiger partial charge on any atom is 0.240 e. The maximum atomic E-state index is 12.2. The lowest BCUT2D eigenvalue weighted by atomic mass is 10.1. The van der Waals surface area contributed by atoms with Gasteiger partial charge in [-0.2, -0.15) is 0 Å². The monoisotopic (exact) mass is 311 g/mol. The summed E-state index contributed by atoms with van der Waals surface area (Å²) in [5, 5.41) is 4.86. The van der Waals surface area contributed by atoms with Crippen molar-refractivity contribution in [2.75, 3.05) is 7.05 Å². The first-order valence-corrected chi connectivity index (χ1v) is 8.56. The quantitative estimate of drug-likeness (QED) is 0.851. The molecule has 20 heavy (non-hydrogen) atoms. The van der Waals surface area contributed by atoms with E-state index in [1.807, 2.05) is 25.4 Å². The molecule has 0 amide bonds. The van der Waals surface area contributed by atoms with Crippen LogP contribution in [0.1, 0.15) is 16.8 Å².